The largest absolute Gasteiger partial charge is 0.497 e. The van der Waals surface area contributed by atoms with Gasteiger partial charge in [-0.25, -0.2) is 17.5 Å². The number of nitrogens with zero attached hydrogens (tertiary/aromatic N) is 3. The molecule has 1 atom stereocenters. The monoisotopic (exact) mass is 410 g/mol. The SMILES string of the molecule is CC[C@@]1(N2CCN(C(=O)Nc3cccc(OC)c3)CC2)CCN(S(C)(=O)=O)C1. The number of benzene rings is 1. The summed E-state index contributed by atoms with van der Waals surface area (Å²) in [7, 11) is -1.57. The van der Waals surface area contributed by atoms with Gasteiger partial charge < -0.3 is 15.0 Å². The summed E-state index contributed by atoms with van der Waals surface area (Å²) < 4.78 is 30.6. The zero-order chi connectivity index (χ0) is 20.4. The van der Waals surface area contributed by atoms with Crippen LogP contribution >= 0.6 is 0 Å². The molecular formula is C19H30N4O4S. The molecule has 2 aliphatic heterocycles. The van der Waals surface area contributed by atoms with Crippen molar-refractivity contribution in [2.45, 2.75) is 25.3 Å². The van der Waals surface area contributed by atoms with Gasteiger partial charge in [-0.1, -0.05) is 13.0 Å². The number of rotatable bonds is 5. The van der Waals surface area contributed by atoms with Crippen molar-refractivity contribution in [2.75, 3.05) is 58.0 Å². The van der Waals surface area contributed by atoms with E-state index in [1.54, 1.807) is 17.5 Å². The van der Waals surface area contributed by atoms with Gasteiger partial charge >= 0.3 is 6.03 Å². The van der Waals surface area contributed by atoms with E-state index in [0.717, 1.165) is 25.9 Å². The van der Waals surface area contributed by atoms with E-state index in [9.17, 15) is 13.2 Å². The summed E-state index contributed by atoms with van der Waals surface area (Å²) >= 11 is 0. The van der Waals surface area contributed by atoms with E-state index >= 15 is 0 Å². The van der Waals surface area contributed by atoms with Crippen LogP contribution in [0.4, 0.5) is 10.5 Å². The summed E-state index contributed by atoms with van der Waals surface area (Å²) in [4.78, 5) is 16.8. The van der Waals surface area contributed by atoms with E-state index in [1.807, 2.05) is 23.1 Å². The number of sulfonamides is 1. The van der Waals surface area contributed by atoms with E-state index < -0.39 is 10.0 Å². The first-order valence-electron chi connectivity index (χ1n) is 9.67. The van der Waals surface area contributed by atoms with Gasteiger partial charge in [-0.05, 0) is 25.0 Å². The lowest BCUT2D eigenvalue weighted by molar-refractivity contribution is 0.0498. The molecule has 2 fully saturated rings. The van der Waals surface area contributed by atoms with E-state index in [0.29, 0.717) is 37.6 Å². The Balaban J connectivity index is 1.58. The molecule has 0 bridgehead atoms. The molecule has 1 aromatic rings. The predicted molar refractivity (Wildman–Crippen MR) is 109 cm³/mol. The average molecular weight is 411 g/mol. The minimum atomic E-state index is -3.17. The van der Waals surface area contributed by atoms with E-state index in [1.165, 1.54) is 6.26 Å². The van der Waals surface area contributed by atoms with Crippen molar-refractivity contribution in [3.05, 3.63) is 24.3 Å². The standard InChI is InChI=1S/C19H30N4O4S/c1-4-19(8-9-23(15-19)28(3,25)26)22-12-10-21(11-13-22)18(24)20-16-6-5-7-17(14-16)27-2/h5-7,14H,4,8-13,15H2,1-3H3,(H,20,24)/t19-/m1/s1. The van der Waals surface area contributed by atoms with Gasteiger partial charge in [0, 0.05) is 56.6 Å². The normalized spacial score (nSPS) is 24.3. The van der Waals surface area contributed by atoms with Crippen LogP contribution in [0.5, 0.6) is 5.75 Å². The number of hydrogen-bond donors (Lipinski definition) is 1. The quantitative estimate of drug-likeness (QED) is 0.798. The van der Waals surface area contributed by atoms with Crippen molar-refractivity contribution >= 4 is 21.7 Å². The van der Waals surface area contributed by atoms with Crippen molar-refractivity contribution in [3.63, 3.8) is 0 Å². The Morgan fingerprint density at radius 2 is 1.93 bits per heavy atom. The Morgan fingerprint density at radius 3 is 2.50 bits per heavy atom. The summed E-state index contributed by atoms with van der Waals surface area (Å²) in [6.45, 7) is 5.97. The van der Waals surface area contributed by atoms with Crippen molar-refractivity contribution < 1.29 is 17.9 Å². The molecule has 2 heterocycles. The van der Waals surface area contributed by atoms with Gasteiger partial charge in [0.05, 0.1) is 13.4 Å². The number of nitrogens with one attached hydrogen (secondary N) is 1. The summed E-state index contributed by atoms with van der Waals surface area (Å²) in [6.07, 6.45) is 3.02. The first kappa shape index (κ1) is 20.9. The number of amides is 2. The summed E-state index contributed by atoms with van der Waals surface area (Å²) in [5, 5.41) is 2.92. The van der Waals surface area contributed by atoms with Crippen molar-refractivity contribution in [1.82, 2.24) is 14.1 Å². The van der Waals surface area contributed by atoms with Gasteiger partial charge in [-0.15, -0.1) is 0 Å². The molecule has 3 rings (SSSR count). The van der Waals surface area contributed by atoms with Gasteiger partial charge in [0.2, 0.25) is 10.0 Å². The second kappa shape index (κ2) is 8.26. The molecule has 0 saturated carbocycles. The van der Waals surface area contributed by atoms with Gasteiger partial charge in [0.1, 0.15) is 5.75 Å². The fourth-order valence-corrected chi connectivity index (χ4v) is 5.06. The third-order valence-corrected chi connectivity index (χ3v) is 7.23. The van der Waals surface area contributed by atoms with Crippen LogP contribution in [0.15, 0.2) is 24.3 Å². The number of carbonyl (C=O) groups excluding carboxylic acids is 1. The molecule has 156 valence electrons. The molecule has 0 aliphatic carbocycles. The van der Waals surface area contributed by atoms with Crippen LogP contribution < -0.4 is 10.1 Å². The van der Waals surface area contributed by atoms with Crippen LogP contribution in [0, 0.1) is 0 Å². The molecular weight excluding hydrogens is 380 g/mol. The molecule has 1 aromatic carbocycles. The van der Waals surface area contributed by atoms with E-state index in [-0.39, 0.29) is 11.6 Å². The molecule has 0 radical (unpaired) electrons. The highest BCUT2D eigenvalue weighted by atomic mass is 32.2. The number of methoxy groups -OCH3 is 1. The van der Waals surface area contributed by atoms with Crippen molar-refractivity contribution in [3.8, 4) is 5.75 Å². The maximum Gasteiger partial charge on any atom is 0.321 e. The Kier molecular flexibility index (Phi) is 6.16. The van der Waals surface area contributed by atoms with Crippen LogP contribution in [0.25, 0.3) is 0 Å². The smallest absolute Gasteiger partial charge is 0.321 e. The second-order valence-corrected chi connectivity index (χ2v) is 9.54. The molecule has 0 aromatic heterocycles. The molecule has 1 N–H and O–H groups in total. The van der Waals surface area contributed by atoms with Gasteiger partial charge in [-0.2, -0.15) is 0 Å². The molecule has 8 nitrogen and oxygen atoms in total. The number of ether oxygens (including phenoxy) is 1. The molecule has 0 unspecified atom stereocenters. The Morgan fingerprint density at radius 1 is 1.21 bits per heavy atom. The highest BCUT2D eigenvalue weighted by Gasteiger charge is 2.45. The Labute approximate surface area is 167 Å². The highest BCUT2D eigenvalue weighted by Crippen LogP contribution is 2.33. The maximum atomic E-state index is 12.6. The first-order chi connectivity index (χ1) is 13.3. The van der Waals surface area contributed by atoms with Crippen molar-refractivity contribution in [2.24, 2.45) is 0 Å². The summed E-state index contributed by atoms with van der Waals surface area (Å²) in [5.41, 5.74) is 0.578. The predicted octanol–water partition coefficient (Wildman–Crippen LogP) is 1.66. The zero-order valence-corrected chi connectivity index (χ0v) is 17.7. The molecule has 2 amide bonds. The van der Waals surface area contributed by atoms with Gasteiger partial charge in [0.25, 0.3) is 0 Å². The molecule has 28 heavy (non-hydrogen) atoms. The molecule has 9 heteroatoms. The minimum Gasteiger partial charge on any atom is -0.497 e. The third-order valence-electron chi connectivity index (χ3n) is 5.98. The van der Waals surface area contributed by atoms with Gasteiger partial charge in [0.15, 0.2) is 0 Å². The Bertz CT molecular complexity index is 808. The summed E-state index contributed by atoms with van der Waals surface area (Å²) in [6, 6.07) is 7.17. The number of urea groups is 1. The van der Waals surface area contributed by atoms with Crippen LogP contribution in [0.1, 0.15) is 19.8 Å². The van der Waals surface area contributed by atoms with Crippen molar-refractivity contribution in [1.29, 1.82) is 0 Å². The van der Waals surface area contributed by atoms with Gasteiger partial charge in [-0.3, -0.25) is 4.90 Å². The summed E-state index contributed by atoms with van der Waals surface area (Å²) in [5.74, 6) is 0.698. The third kappa shape index (κ3) is 4.42. The minimum absolute atomic E-state index is 0.123. The topological polar surface area (TPSA) is 82.2 Å². The fourth-order valence-electron chi connectivity index (χ4n) is 4.16. The van der Waals surface area contributed by atoms with E-state index in [2.05, 4.69) is 17.1 Å². The molecule has 0 spiro atoms. The lowest BCUT2D eigenvalue weighted by Gasteiger charge is -2.45. The second-order valence-electron chi connectivity index (χ2n) is 7.56. The number of hydrogen-bond acceptors (Lipinski definition) is 5. The fraction of sp³-hybridized carbons (Fsp3) is 0.632. The zero-order valence-electron chi connectivity index (χ0n) is 16.8. The number of piperazine rings is 1. The van der Waals surface area contributed by atoms with E-state index in [4.69, 9.17) is 4.74 Å². The average Bonchev–Trinajstić information content (AvgIpc) is 3.15. The maximum absolute atomic E-state index is 12.6. The van der Waals surface area contributed by atoms with Crippen LogP contribution in [-0.2, 0) is 10.0 Å². The van der Waals surface area contributed by atoms with Crippen LogP contribution in [-0.4, -0.2) is 86.7 Å². The molecule has 2 aliphatic rings. The lowest BCUT2D eigenvalue weighted by Crippen LogP contribution is -2.59. The van der Waals surface area contributed by atoms with Crippen LogP contribution in [0.2, 0.25) is 0 Å². The Hall–Kier alpha value is -1.84. The lowest BCUT2D eigenvalue weighted by atomic mass is 9.92. The first-order valence-corrected chi connectivity index (χ1v) is 11.5. The highest BCUT2D eigenvalue weighted by molar-refractivity contribution is 7.88. The molecule has 2 saturated heterocycles. The number of carbonyl (C=O) groups is 1. The number of anilines is 1. The van der Waals surface area contributed by atoms with Crippen LogP contribution in [0.3, 0.4) is 0 Å².